The van der Waals surface area contributed by atoms with Crippen LogP contribution in [0.1, 0.15) is 5.56 Å². The molecule has 17 heavy (non-hydrogen) atoms. The first-order valence-corrected chi connectivity index (χ1v) is 4.85. The van der Waals surface area contributed by atoms with Gasteiger partial charge in [0.1, 0.15) is 0 Å². The number of rotatable bonds is 5. The molecule has 0 heterocycles. The van der Waals surface area contributed by atoms with Gasteiger partial charge < -0.3 is 15.2 Å². The van der Waals surface area contributed by atoms with Crippen LogP contribution in [0.5, 0.6) is 5.75 Å². The third-order valence-corrected chi connectivity index (χ3v) is 2.00. The fourth-order valence-corrected chi connectivity index (χ4v) is 1.18. The predicted octanol–water partition coefficient (Wildman–Crippen LogP) is 1.30. The molecule has 2 N–H and O–H groups in total. The molecule has 6 heteroatoms. The first-order chi connectivity index (χ1) is 7.67. The molecule has 0 spiro atoms. The lowest BCUT2D eigenvalue weighted by Crippen LogP contribution is -2.13. The van der Waals surface area contributed by atoms with E-state index in [0.29, 0.717) is 13.0 Å². The van der Waals surface area contributed by atoms with E-state index >= 15 is 0 Å². The molecule has 0 bridgehead atoms. The Morgan fingerprint density at radius 1 is 1.47 bits per heavy atom. The number of esters is 1. The van der Waals surface area contributed by atoms with Crippen molar-refractivity contribution >= 4 is 18.4 Å². The van der Waals surface area contributed by atoms with Crippen LogP contribution in [0.2, 0.25) is 0 Å². The van der Waals surface area contributed by atoms with Crippen LogP contribution in [-0.2, 0) is 16.0 Å². The van der Waals surface area contributed by atoms with E-state index in [2.05, 4.69) is 4.74 Å². The van der Waals surface area contributed by atoms with Crippen molar-refractivity contribution in [2.24, 2.45) is 5.73 Å². The molecule has 0 atom stereocenters. The molecule has 0 aliphatic heterocycles. The molecule has 1 aromatic carbocycles. The average Bonchev–Trinajstić information content (AvgIpc) is 2.28. The Balaban J connectivity index is 0.00000256. The van der Waals surface area contributed by atoms with Gasteiger partial charge in [-0.2, -0.15) is 0 Å². The van der Waals surface area contributed by atoms with Crippen LogP contribution < -0.4 is 10.5 Å². The van der Waals surface area contributed by atoms with Crippen LogP contribution in [0.25, 0.3) is 0 Å². The van der Waals surface area contributed by atoms with Crippen LogP contribution in [0.4, 0.5) is 4.39 Å². The van der Waals surface area contributed by atoms with Crippen LogP contribution >= 0.6 is 12.4 Å². The summed E-state index contributed by atoms with van der Waals surface area (Å²) < 4.78 is 22.7. The number of hydrogen-bond donors (Lipinski definition) is 1. The van der Waals surface area contributed by atoms with Crippen molar-refractivity contribution in [2.45, 2.75) is 6.42 Å². The van der Waals surface area contributed by atoms with Crippen LogP contribution in [0, 0.1) is 5.82 Å². The van der Waals surface area contributed by atoms with Crippen molar-refractivity contribution < 1.29 is 18.7 Å². The van der Waals surface area contributed by atoms with Gasteiger partial charge in [-0.15, -0.1) is 12.4 Å². The second-order valence-corrected chi connectivity index (χ2v) is 3.17. The highest BCUT2D eigenvalue weighted by Gasteiger charge is 2.07. The van der Waals surface area contributed by atoms with E-state index in [1.807, 2.05) is 0 Å². The monoisotopic (exact) mass is 263 g/mol. The summed E-state index contributed by atoms with van der Waals surface area (Å²) in [5.41, 5.74) is 6.15. The number of methoxy groups -OCH3 is 1. The third kappa shape index (κ3) is 5.01. The predicted molar refractivity (Wildman–Crippen MR) is 63.9 cm³/mol. The zero-order chi connectivity index (χ0) is 12.0. The SMILES string of the molecule is COC(=O)COc1ccc(CCN)cc1F.Cl. The summed E-state index contributed by atoms with van der Waals surface area (Å²) in [4.78, 5) is 10.8. The molecule has 0 aromatic heterocycles. The van der Waals surface area contributed by atoms with Crippen molar-refractivity contribution in [1.29, 1.82) is 0 Å². The Bertz CT molecular complexity index is 374. The Hall–Kier alpha value is -1.33. The molecule has 0 saturated carbocycles. The maximum Gasteiger partial charge on any atom is 0.343 e. The van der Waals surface area contributed by atoms with Gasteiger partial charge in [-0.1, -0.05) is 6.07 Å². The van der Waals surface area contributed by atoms with Gasteiger partial charge >= 0.3 is 5.97 Å². The standard InChI is InChI=1S/C11H14FNO3.ClH/c1-15-11(14)7-16-10-3-2-8(4-5-13)6-9(10)12;/h2-3,6H,4-5,7,13H2,1H3;1H. The summed E-state index contributed by atoms with van der Waals surface area (Å²) in [5, 5.41) is 0. The Morgan fingerprint density at radius 2 is 2.18 bits per heavy atom. The van der Waals surface area contributed by atoms with Crippen LogP contribution in [0.15, 0.2) is 18.2 Å². The molecule has 96 valence electrons. The van der Waals surface area contributed by atoms with E-state index in [1.54, 1.807) is 6.07 Å². The van der Waals surface area contributed by atoms with Crippen molar-refractivity contribution in [3.63, 3.8) is 0 Å². The first-order valence-electron chi connectivity index (χ1n) is 4.85. The Kier molecular flexibility index (Phi) is 7.25. The van der Waals surface area contributed by atoms with E-state index in [1.165, 1.54) is 19.2 Å². The number of hydrogen-bond acceptors (Lipinski definition) is 4. The number of benzene rings is 1. The quantitative estimate of drug-likeness (QED) is 0.814. The second kappa shape index (κ2) is 7.86. The Morgan fingerprint density at radius 3 is 2.71 bits per heavy atom. The Labute approximate surface area is 105 Å². The van der Waals surface area contributed by atoms with E-state index in [-0.39, 0.29) is 24.8 Å². The molecular formula is C11H15ClFNO3. The largest absolute Gasteiger partial charge is 0.479 e. The second-order valence-electron chi connectivity index (χ2n) is 3.17. The molecule has 0 unspecified atom stereocenters. The molecule has 0 radical (unpaired) electrons. The van der Waals surface area contributed by atoms with Gasteiger partial charge in [0.15, 0.2) is 18.2 Å². The lowest BCUT2D eigenvalue weighted by Gasteiger charge is -2.07. The number of nitrogens with two attached hydrogens (primary N) is 1. The van der Waals surface area contributed by atoms with Crippen molar-refractivity contribution in [3.05, 3.63) is 29.6 Å². The van der Waals surface area contributed by atoms with Gasteiger partial charge in [0, 0.05) is 0 Å². The van der Waals surface area contributed by atoms with E-state index in [0.717, 1.165) is 5.56 Å². The summed E-state index contributed by atoms with van der Waals surface area (Å²) in [7, 11) is 1.24. The number of carbonyl (C=O) groups excluding carboxylic acids is 1. The lowest BCUT2D eigenvalue weighted by atomic mass is 10.1. The minimum absolute atomic E-state index is 0. The van der Waals surface area contributed by atoms with Gasteiger partial charge in [0.05, 0.1) is 7.11 Å². The summed E-state index contributed by atoms with van der Waals surface area (Å²) >= 11 is 0. The van der Waals surface area contributed by atoms with Gasteiger partial charge in [-0.3, -0.25) is 0 Å². The molecule has 4 nitrogen and oxygen atoms in total. The molecule has 1 aromatic rings. The van der Waals surface area contributed by atoms with Gasteiger partial charge in [-0.05, 0) is 30.7 Å². The van der Waals surface area contributed by atoms with Crippen LogP contribution in [0.3, 0.4) is 0 Å². The van der Waals surface area contributed by atoms with Gasteiger partial charge in [-0.25, -0.2) is 9.18 Å². The number of ether oxygens (including phenoxy) is 2. The average molecular weight is 264 g/mol. The third-order valence-electron chi connectivity index (χ3n) is 2.00. The van der Waals surface area contributed by atoms with E-state index < -0.39 is 11.8 Å². The van der Waals surface area contributed by atoms with Gasteiger partial charge in [0.25, 0.3) is 0 Å². The lowest BCUT2D eigenvalue weighted by molar-refractivity contribution is -0.142. The topological polar surface area (TPSA) is 61.5 Å². The van der Waals surface area contributed by atoms with Crippen molar-refractivity contribution in [1.82, 2.24) is 0 Å². The first kappa shape index (κ1) is 15.7. The van der Waals surface area contributed by atoms with E-state index in [9.17, 15) is 9.18 Å². The maximum atomic E-state index is 13.4. The minimum Gasteiger partial charge on any atom is -0.479 e. The zero-order valence-corrected chi connectivity index (χ0v) is 10.3. The van der Waals surface area contributed by atoms with Crippen LogP contribution in [-0.4, -0.2) is 26.2 Å². The van der Waals surface area contributed by atoms with E-state index in [4.69, 9.17) is 10.5 Å². The minimum atomic E-state index is -0.551. The zero-order valence-electron chi connectivity index (χ0n) is 9.44. The van der Waals surface area contributed by atoms with Crippen molar-refractivity contribution in [2.75, 3.05) is 20.3 Å². The molecule has 0 aliphatic rings. The fraction of sp³-hybridized carbons (Fsp3) is 0.364. The summed E-state index contributed by atoms with van der Waals surface area (Å²) in [6.45, 7) is 0.158. The molecular weight excluding hydrogens is 249 g/mol. The highest BCUT2D eigenvalue weighted by Crippen LogP contribution is 2.18. The molecule has 0 fully saturated rings. The number of carbonyl (C=O) groups is 1. The molecule has 0 saturated heterocycles. The fourth-order valence-electron chi connectivity index (χ4n) is 1.18. The smallest absolute Gasteiger partial charge is 0.343 e. The normalized spacial score (nSPS) is 9.35. The maximum absolute atomic E-state index is 13.4. The molecule has 0 amide bonds. The molecule has 1 rings (SSSR count). The highest BCUT2D eigenvalue weighted by molar-refractivity contribution is 5.85. The number of halogens is 2. The summed E-state index contributed by atoms with van der Waals surface area (Å²) in [6, 6.07) is 4.53. The summed E-state index contributed by atoms with van der Waals surface area (Å²) in [5.74, 6) is -1.02. The van der Waals surface area contributed by atoms with Crippen molar-refractivity contribution in [3.8, 4) is 5.75 Å². The summed E-state index contributed by atoms with van der Waals surface area (Å²) in [6.07, 6.45) is 0.605. The molecule has 0 aliphatic carbocycles. The highest BCUT2D eigenvalue weighted by atomic mass is 35.5. The van der Waals surface area contributed by atoms with Gasteiger partial charge in [0.2, 0.25) is 0 Å².